The predicted octanol–water partition coefficient (Wildman–Crippen LogP) is -0.447. The van der Waals surface area contributed by atoms with Crippen molar-refractivity contribution in [1.82, 2.24) is 0 Å². The lowest BCUT2D eigenvalue weighted by molar-refractivity contribution is 0.0785. The van der Waals surface area contributed by atoms with Crippen LogP contribution < -0.4 is 5.73 Å². The number of hydrogen-bond donors (Lipinski definition) is 3. The number of allylic oxidation sites excluding steroid dienone is 1. The summed E-state index contributed by atoms with van der Waals surface area (Å²) in [5.41, 5.74) is 6.17. The lowest BCUT2D eigenvalue weighted by Gasteiger charge is -2.16. The highest BCUT2D eigenvalue weighted by atomic mass is 16.3. The molecule has 1 rings (SSSR count). The van der Waals surface area contributed by atoms with Gasteiger partial charge in [-0.1, -0.05) is 18.2 Å². The van der Waals surface area contributed by atoms with Gasteiger partial charge in [-0.15, -0.1) is 0 Å². The van der Waals surface area contributed by atoms with Crippen LogP contribution in [0.15, 0.2) is 23.8 Å². The molecule has 3 nitrogen and oxygen atoms in total. The van der Waals surface area contributed by atoms with E-state index in [-0.39, 0.29) is 0 Å². The van der Waals surface area contributed by atoms with Crippen LogP contribution in [0.2, 0.25) is 0 Å². The first kappa shape index (κ1) is 7.03. The molecule has 0 aromatic heterocycles. The van der Waals surface area contributed by atoms with Crippen molar-refractivity contribution in [2.75, 3.05) is 6.54 Å². The fourth-order valence-corrected chi connectivity index (χ4v) is 0.968. The van der Waals surface area contributed by atoms with Gasteiger partial charge in [0.05, 0.1) is 1.37 Å². The minimum Gasteiger partial charge on any atom is -0.386 e. The highest BCUT2D eigenvalue weighted by Crippen LogP contribution is 2.13. The molecule has 0 aromatic carbocycles. The van der Waals surface area contributed by atoms with Crippen LogP contribution in [0.4, 0.5) is 0 Å². The zero-order valence-electron chi connectivity index (χ0n) is 7.20. The Hall–Kier alpha value is -0.640. The van der Waals surface area contributed by atoms with E-state index in [1.165, 1.54) is 12.2 Å². The highest BCUT2D eigenvalue weighted by Gasteiger charge is 2.14. The minimum atomic E-state index is -1.88. The van der Waals surface area contributed by atoms with Gasteiger partial charge in [0.25, 0.3) is 0 Å². The first-order chi connectivity index (χ1) is 5.56. The van der Waals surface area contributed by atoms with E-state index >= 15 is 0 Å². The van der Waals surface area contributed by atoms with E-state index in [4.69, 9.17) is 7.10 Å². The van der Waals surface area contributed by atoms with Crippen molar-refractivity contribution in [3.05, 3.63) is 23.8 Å². The number of nitrogens with two attached hydrogens (primary N) is 1. The first-order valence-electron chi connectivity index (χ1n) is 4.06. The second kappa shape index (κ2) is 3.67. The van der Waals surface area contributed by atoms with Crippen LogP contribution in [0, 0.1) is 0 Å². The maximum absolute atomic E-state index is 9.23. The fourth-order valence-electron chi connectivity index (χ4n) is 0.968. The van der Waals surface area contributed by atoms with E-state index in [9.17, 15) is 10.2 Å². The van der Waals surface area contributed by atoms with Crippen molar-refractivity contribution in [3.8, 4) is 0 Å². The van der Waals surface area contributed by atoms with Crippen molar-refractivity contribution in [3.63, 3.8) is 0 Å². The van der Waals surface area contributed by atoms with Crippen molar-refractivity contribution < 1.29 is 11.6 Å². The summed E-state index contributed by atoms with van der Waals surface area (Å²) in [5.74, 6) is 0. The zero-order chi connectivity index (χ0) is 9.19. The molecule has 0 fully saturated rings. The normalized spacial score (nSPS) is 38.3. The van der Waals surface area contributed by atoms with Crippen LogP contribution in [0.5, 0.6) is 0 Å². The smallest absolute Gasteiger partial charge is 0.102 e. The molecule has 0 bridgehead atoms. The van der Waals surface area contributed by atoms with Gasteiger partial charge in [0.15, 0.2) is 0 Å². The van der Waals surface area contributed by atoms with Gasteiger partial charge in [-0.3, -0.25) is 0 Å². The Labute approximate surface area is 67.2 Å². The van der Waals surface area contributed by atoms with Crippen LogP contribution in [-0.4, -0.2) is 28.9 Å². The van der Waals surface area contributed by atoms with Crippen LogP contribution in [0.25, 0.3) is 0 Å². The average Bonchev–Trinajstić information content (AvgIpc) is 1.98. The minimum absolute atomic E-state index is 0.499. The molecule has 0 spiro atoms. The number of hydrogen-bond acceptors (Lipinski definition) is 3. The van der Waals surface area contributed by atoms with Crippen molar-refractivity contribution in [2.24, 2.45) is 5.73 Å². The summed E-state index contributed by atoms with van der Waals surface area (Å²) in [6.45, 7) is 0.499. The van der Waals surface area contributed by atoms with Gasteiger partial charge in [-0.2, -0.15) is 0 Å². The van der Waals surface area contributed by atoms with Crippen LogP contribution in [0.1, 0.15) is 7.79 Å². The Bertz CT molecular complexity index is 223. The maximum Gasteiger partial charge on any atom is 0.102 e. The molecule has 0 amide bonds. The molecule has 0 radical (unpaired) electrons. The molecule has 0 aromatic rings. The van der Waals surface area contributed by atoms with Gasteiger partial charge in [0, 0.05) is 0 Å². The predicted molar refractivity (Wildman–Crippen MR) is 42.9 cm³/mol. The third kappa shape index (κ3) is 2.15. The molecule has 2 atom stereocenters. The monoisotopic (exact) mass is 156 g/mol. The number of aliphatic hydroxyl groups is 2. The standard InChI is InChI=1S/C8H13NO2/c9-4-3-6-1-2-7(10)8(11)5-6/h1-2,5,7-8,10-11H,3-4,9H2/i7D. The number of aliphatic hydroxyl groups excluding tert-OH is 1. The van der Waals surface area contributed by atoms with Crippen molar-refractivity contribution in [2.45, 2.75) is 18.6 Å². The summed E-state index contributed by atoms with van der Waals surface area (Å²) in [6, 6.07) is 0. The Morgan fingerprint density at radius 2 is 2.36 bits per heavy atom. The van der Waals surface area contributed by atoms with E-state index < -0.39 is 12.2 Å². The lowest BCUT2D eigenvalue weighted by atomic mass is 10.0. The fraction of sp³-hybridized carbons (Fsp3) is 0.500. The summed E-state index contributed by atoms with van der Waals surface area (Å²) < 4.78 is 7.20. The molecule has 62 valence electrons. The molecule has 3 heteroatoms. The Balaban J connectivity index is 2.69. The van der Waals surface area contributed by atoms with Crippen LogP contribution in [-0.2, 0) is 0 Å². The van der Waals surface area contributed by atoms with Crippen LogP contribution in [0.3, 0.4) is 0 Å². The summed E-state index contributed by atoms with van der Waals surface area (Å²) >= 11 is 0. The molecule has 0 saturated heterocycles. The first-order valence-corrected chi connectivity index (χ1v) is 3.56. The lowest BCUT2D eigenvalue weighted by Crippen LogP contribution is -2.24. The summed E-state index contributed by atoms with van der Waals surface area (Å²) in [5, 5.41) is 18.4. The van der Waals surface area contributed by atoms with Gasteiger partial charge in [-0.25, -0.2) is 0 Å². The summed E-state index contributed by atoms with van der Waals surface area (Å²) in [7, 11) is 0. The highest BCUT2D eigenvalue weighted by molar-refractivity contribution is 5.27. The molecule has 1 aliphatic rings. The second-order valence-corrected chi connectivity index (χ2v) is 2.48. The Morgan fingerprint density at radius 3 is 2.91 bits per heavy atom. The Morgan fingerprint density at radius 1 is 1.64 bits per heavy atom. The van der Waals surface area contributed by atoms with E-state index in [1.54, 1.807) is 6.08 Å². The average molecular weight is 156 g/mol. The topological polar surface area (TPSA) is 66.5 Å². The molecule has 11 heavy (non-hydrogen) atoms. The third-order valence-electron chi connectivity index (χ3n) is 1.58. The molecule has 0 saturated carbocycles. The molecule has 4 N–H and O–H groups in total. The molecule has 2 unspecified atom stereocenters. The van der Waals surface area contributed by atoms with Gasteiger partial charge in [-0.05, 0) is 18.5 Å². The van der Waals surface area contributed by atoms with Gasteiger partial charge in [0.1, 0.15) is 12.2 Å². The van der Waals surface area contributed by atoms with Crippen molar-refractivity contribution >= 4 is 0 Å². The molecule has 1 aliphatic carbocycles. The largest absolute Gasteiger partial charge is 0.386 e. The molecule has 0 heterocycles. The summed E-state index contributed by atoms with van der Waals surface area (Å²) in [4.78, 5) is 0. The maximum atomic E-state index is 9.23. The van der Waals surface area contributed by atoms with E-state index in [2.05, 4.69) is 0 Å². The van der Waals surface area contributed by atoms with Crippen molar-refractivity contribution in [1.29, 1.82) is 0 Å². The van der Waals surface area contributed by atoms with Gasteiger partial charge >= 0.3 is 0 Å². The SMILES string of the molecule is [2H]C1(O)C=CC(CCN)=CC1O. The second-order valence-electron chi connectivity index (χ2n) is 2.48. The molecule has 0 aliphatic heterocycles. The zero-order valence-corrected chi connectivity index (χ0v) is 6.20. The number of rotatable bonds is 2. The Kier molecular flexibility index (Phi) is 2.34. The van der Waals surface area contributed by atoms with E-state index in [0.717, 1.165) is 5.57 Å². The molecular formula is C8H13NO2. The van der Waals surface area contributed by atoms with Gasteiger partial charge < -0.3 is 15.9 Å². The quantitative estimate of drug-likeness (QED) is 0.507. The summed E-state index contributed by atoms with van der Waals surface area (Å²) in [6.07, 6.45) is 1.97. The van der Waals surface area contributed by atoms with E-state index in [1.807, 2.05) is 0 Å². The molecular weight excluding hydrogens is 142 g/mol. The van der Waals surface area contributed by atoms with Gasteiger partial charge in [0.2, 0.25) is 0 Å². The van der Waals surface area contributed by atoms with Crippen LogP contribution >= 0.6 is 0 Å². The third-order valence-corrected chi connectivity index (χ3v) is 1.58. The van der Waals surface area contributed by atoms with E-state index in [0.29, 0.717) is 13.0 Å².